The lowest BCUT2D eigenvalue weighted by atomic mass is 9.98. The van der Waals surface area contributed by atoms with Gasteiger partial charge in [0, 0.05) is 43.9 Å². The highest BCUT2D eigenvalue weighted by molar-refractivity contribution is 5.52. The molecule has 1 aromatic carbocycles. The van der Waals surface area contributed by atoms with E-state index in [1.165, 1.54) is 26.0 Å². The van der Waals surface area contributed by atoms with E-state index in [4.69, 9.17) is 0 Å². The molecule has 2 aromatic heterocycles. The molecule has 3 aromatic rings. The fourth-order valence-corrected chi connectivity index (χ4v) is 4.53. The molecule has 1 unspecified atom stereocenters. The number of hydrogen-bond acceptors (Lipinski definition) is 7. The summed E-state index contributed by atoms with van der Waals surface area (Å²) >= 11 is 0. The van der Waals surface area contributed by atoms with Crippen molar-refractivity contribution in [1.29, 1.82) is 0 Å². The van der Waals surface area contributed by atoms with Crippen LogP contribution in [-0.2, 0) is 18.2 Å². The fraction of sp³-hybridized carbons (Fsp3) is 0.462. The van der Waals surface area contributed by atoms with Crippen LogP contribution in [0.2, 0.25) is 0 Å². The Hall–Kier alpha value is -3.34. The summed E-state index contributed by atoms with van der Waals surface area (Å²) < 4.78 is 54.4. The first-order valence-electron chi connectivity index (χ1n) is 12.0. The second-order valence-electron chi connectivity index (χ2n) is 10.0. The maximum absolute atomic E-state index is 13.7. The van der Waals surface area contributed by atoms with Crippen molar-refractivity contribution >= 4 is 11.8 Å². The molecule has 0 bridgehead atoms. The zero-order valence-electron chi connectivity index (χ0n) is 21.4. The van der Waals surface area contributed by atoms with Gasteiger partial charge in [0.25, 0.3) is 0 Å². The van der Waals surface area contributed by atoms with Gasteiger partial charge in [0.15, 0.2) is 11.5 Å². The Balaban J connectivity index is 1.54. The molecule has 0 aliphatic carbocycles. The quantitative estimate of drug-likeness (QED) is 0.496. The van der Waals surface area contributed by atoms with Gasteiger partial charge in [-0.15, -0.1) is 5.10 Å². The van der Waals surface area contributed by atoms with Gasteiger partial charge >= 0.3 is 6.18 Å². The number of benzene rings is 1. The Kier molecular flexibility index (Phi) is 7.11. The Bertz CT molecular complexity index is 1270. The highest BCUT2D eigenvalue weighted by atomic mass is 19.4. The molecular formula is C26H30F4N6O. The Morgan fingerprint density at radius 2 is 1.70 bits per heavy atom. The summed E-state index contributed by atoms with van der Waals surface area (Å²) in [7, 11) is 0. The molecule has 37 heavy (non-hydrogen) atoms. The number of alkyl halides is 3. The van der Waals surface area contributed by atoms with Crippen LogP contribution >= 0.6 is 0 Å². The second-order valence-corrected chi connectivity index (χ2v) is 10.0. The molecule has 1 atom stereocenters. The molecule has 7 nitrogen and oxygen atoms in total. The van der Waals surface area contributed by atoms with E-state index in [0.29, 0.717) is 26.1 Å². The molecule has 1 aliphatic rings. The molecule has 3 heterocycles. The lowest BCUT2D eigenvalue weighted by Crippen LogP contribution is -2.53. The molecule has 1 saturated heterocycles. The third-order valence-corrected chi connectivity index (χ3v) is 6.77. The number of nitrogens with zero attached hydrogens (tertiary/aromatic N) is 6. The second kappa shape index (κ2) is 9.85. The summed E-state index contributed by atoms with van der Waals surface area (Å²) in [5, 5.41) is 19.1. The van der Waals surface area contributed by atoms with E-state index in [1.807, 2.05) is 20.8 Å². The predicted octanol–water partition coefficient (Wildman–Crippen LogP) is 4.57. The normalized spacial score (nSPS) is 16.9. The minimum absolute atomic E-state index is 0.0268. The molecule has 0 saturated carbocycles. The lowest BCUT2D eigenvalue weighted by Gasteiger charge is -2.41. The third kappa shape index (κ3) is 5.66. The monoisotopic (exact) mass is 518 g/mol. The van der Waals surface area contributed by atoms with Crippen LogP contribution in [-0.4, -0.2) is 50.9 Å². The Morgan fingerprint density at radius 3 is 2.30 bits per heavy atom. The van der Waals surface area contributed by atoms with Gasteiger partial charge in [-0.1, -0.05) is 12.1 Å². The van der Waals surface area contributed by atoms with E-state index < -0.39 is 17.5 Å². The minimum Gasteiger partial charge on any atom is -0.386 e. The molecule has 0 amide bonds. The van der Waals surface area contributed by atoms with Gasteiger partial charge in [-0.25, -0.2) is 14.4 Å². The summed E-state index contributed by atoms with van der Waals surface area (Å²) in [5.41, 5.74) is 0.472. The predicted molar refractivity (Wildman–Crippen MR) is 132 cm³/mol. The zero-order chi connectivity index (χ0) is 27.1. The number of anilines is 2. The first-order chi connectivity index (χ1) is 17.3. The standard InChI is InChI=1S/C26H30F4N6O/c1-15-14-35(23-17(3)16(2)21(33-34-23)12-18-6-8-19(27)9-7-18)10-11-36(15)24-31-13-20(25(4,5)37)22(32-24)26(28,29)30/h6-9,13,15,37H,10-12,14H2,1-5H3. The van der Waals surface area contributed by atoms with Crippen LogP contribution in [0.3, 0.4) is 0 Å². The number of hydrogen-bond donors (Lipinski definition) is 1. The summed E-state index contributed by atoms with van der Waals surface area (Å²) in [4.78, 5) is 11.8. The van der Waals surface area contributed by atoms with E-state index in [1.54, 1.807) is 17.0 Å². The Labute approximate surface area is 213 Å². The summed E-state index contributed by atoms with van der Waals surface area (Å²) in [6, 6.07) is 6.07. The van der Waals surface area contributed by atoms with Crippen molar-refractivity contribution in [1.82, 2.24) is 20.2 Å². The molecule has 198 valence electrons. The number of aliphatic hydroxyl groups is 1. The fourth-order valence-electron chi connectivity index (χ4n) is 4.53. The van der Waals surface area contributed by atoms with Crippen LogP contribution in [0.5, 0.6) is 0 Å². The first-order valence-corrected chi connectivity index (χ1v) is 12.0. The molecule has 4 rings (SSSR count). The maximum Gasteiger partial charge on any atom is 0.433 e. The minimum atomic E-state index is -4.72. The van der Waals surface area contributed by atoms with Gasteiger partial charge in [-0.3, -0.25) is 0 Å². The van der Waals surface area contributed by atoms with Crippen molar-refractivity contribution in [2.24, 2.45) is 0 Å². The zero-order valence-corrected chi connectivity index (χ0v) is 21.4. The highest BCUT2D eigenvalue weighted by Crippen LogP contribution is 2.36. The smallest absolute Gasteiger partial charge is 0.386 e. The molecule has 1 aliphatic heterocycles. The number of rotatable bonds is 5. The van der Waals surface area contributed by atoms with Gasteiger partial charge in [0.05, 0.1) is 11.3 Å². The van der Waals surface area contributed by atoms with Crippen LogP contribution in [0.25, 0.3) is 0 Å². The van der Waals surface area contributed by atoms with Crippen LogP contribution in [0, 0.1) is 19.7 Å². The van der Waals surface area contributed by atoms with Crippen molar-refractivity contribution in [2.75, 3.05) is 29.4 Å². The van der Waals surface area contributed by atoms with E-state index >= 15 is 0 Å². The number of aromatic nitrogens is 4. The number of halogens is 4. The average Bonchev–Trinajstić information content (AvgIpc) is 2.82. The van der Waals surface area contributed by atoms with Crippen LogP contribution in [0.15, 0.2) is 30.5 Å². The molecule has 1 fully saturated rings. The topological polar surface area (TPSA) is 78.3 Å². The van der Waals surface area contributed by atoms with Crippen molar-refractivity contribution in [2.45, 2.75) is 58.9 Å². The molecule has 1 N–H and O–H groups in total. The first kappa shape index (κ1) is 26.7. The van der Waals surface area contributed by atoms with E-state index in [2.05, 4.69) is 25.1 Å². The van der Waals surface area contributed by atoms with Crippen molar-refractivity contribution in [3.8, 4) is 0 Å². The van der Waals surface area contributed by atoms with E-state index in [-0.39, 0.29) is 23.4 Å². The SMILES string of the molecule is Cc1c(Cc2ccc(F)cc2)nnc(N2CCN(c3ncc(C(C)(C)O)c(C(F)(F)F)n3)C(C)C2)c1C. The largest absolute Gasteiger partial charge is 0.433 e. The molecule has 0 radical (unpaired) electrons. The van der Waals surface area contributed by atoms with Crippen molar-refractivity contribution < 1.29 is 22.7 Å². The number of piperazine rings is 1. The van der Waals surface area contributed by atoms with Crippen LogP contribution in [0.1, 0.15) is 54.4 Å². The van der Waals surface area contributed by atoms with Crippen molar-refractivity contribution in [3.63, 3.8) is 0 Å². The summed E-state index contributed by atoms with van der Waals surface area (Å²) in [5.74, 6) is 0.404. The summed E-state index contributed by atoms with van der Waals surface area (Å²) in [6.07, 6.45) is -3.13. The summed E-state index contributed by atoms with van der Waals surface area (Å²) in [6.45, 7) is 9.76. The van der Waals surface area contributed by atoms with Crippen LogP contribution in [0.4, 0.5) is 29.3 Å². The van der Waals surface area contributed by atoms with Gasteiger partial charge in [-0.2, -0.15) is 18.3 Å². The molecule has 11 heteroatoms. The Morgan fingerprint density at radius 1 is 1.03 bits per heavy atom. The van der Waals surface area contributed by atoms with Crippen LogP contribution < -0.4 is 9.80 Å². The van der Waals surface area contributed by atoms with E-state index in [0.717, 1.165) is 34.4 Å². The third-order valence-electron chi connectivity index (χ3n) is 6.77. The average molecular weight is 519 g/mol. The van der Waals surface area contributed by atoms with Gasteiger partial charge in [0.1, 0.15) is 5.82 Å². The highest BCUT2D eigenvalue weighted by Gasteiger charge is 2.41. The van der Waals surface area contributed by atoms with Gasteiger partial charge < -0.3 is 14.9 Å². The molecule has 0 spiro atoms. The van der Waals surface area contributed by atoms with E-state index in [9.17, 15) is 22.7 Å². The van der Waals surface area contributed by atoms with Crippen molar-refractivity contribution in [3.05, 3.63) is 69.9 Å². The maximum atomic E-state index is 13.7. The van der Waals surface area contributed by atoms with Gasteiger partial charge in [0.2, 0.25) is 5.95 Å². The van der Waals surface area contributed by atoms with Gasteiger partial charge in [-0.05, 0) is 63.4 Å². The lowest BCUT2D eigenvalue weighted by molar-refractivity contribution is -0.144. The molecular weight excluding hydrogens is 488 g/mol.